The summed E-state index contributed by atoms with van der Waals surface area (Å²) in [5.74, 6) is -0.430. The minimum atomic E-state index is -0.430. The lowest BCUT2D eigenvalue weighted by molar-refractivity contribution is 0.102. The molecule has 1 heterocycles. The van der Waals surface area contributed by atoms with E-state index in [4.69, 9.17) is 46.4 Å². The number of aromatic nitrogens is 1. The van der Waals surface area contributed by atoms with Crippen LogP contribution in [0.1, 0.15) is 10.4 Å². The number of hydrogen-bond donors (Lipinski definition) is 1. The molecule has 2 aromatic rings. The van der Waals surface area contributed by atoms with Crippen LogP contribution in [0.15, 0.2) is 30.5 Å². The molecule has 2 rings (SSSR count). The summed E-state index contributed by atoms with van der Waals surface area (Å²) in [6, 6.07) is 6.34. The molecule has 0 aliphatic rings. The van der Waals surface area contributed by atoms with Gasteiger partial charge in [0, 0.05) is 6.20 Å². The summed E-state index contributed by atoms with van der Waals surface area (Å²) >= 11 is 23.4. The molecule has 0 unspecified atom stereocenters. The highest BCUT2D eigenvalue weighted by Crippen LogP contribution is 2.30. The van der Waals surface area contributed by atoms with E-state index in [-0.39, 0.29) is 15.7 Å². The molecule has 3 nitrogen and oxygen atoms in total. The van der Waals surface area contributed by atoms with E-state index in [0.717, 1.165) is 0 Å². The highest BCUT2D eigenvalue weighted by atomic mass is 35.5. The summed E-state index contributed by atoms with van der Waals surface area (Å²) in [6.45, 7) is 0. The highest BCUT2D eigenvalue weighted by Gasteiger charge is 2.13. The zero-order chi connectivity index (χ0) is 14.0. The lowest BCUT2D eigenvalue weighted by Crippen LogP contribution is -2.13. The van der Waals surface area contributed by atoms with Crippen LogP contribution in [0.25, 0.3) is 0 Å². The molecular formula is C12H6Cl4N2O. The second-order valence-electron chi connectivity index (χ2n) is 3.55. The van der Waals surface area contributed by atoms with Gasteiger partial charge in [0.1, 0.15) is 5.15 Å². The fourth-order valence-corrected chi connectivity index (χ4v) is 2.11. The molecule has 0 spiro atoms. The van der Waals surface area contributed by atoms with Crippen LogP contribution in [-0.2, 0) is 0 Å². The Balaban J connectivity index is 2.28. The molecule has 0 fully saturated rings. The first-order valence-electron chi connectivity index (χ1n) is 5.05. The molecule has 0 atom stereocenters. The molecule has 0 aliphatic heterocycles. The monoisotopic (exact) mass is 334 g/mol. The number of carbonyl (C=O) groups is 1. The average Bonchev–Trinajstić information content (AvgIpc) is 2.37. The van der Waals surface area contributed by atoms with Crippen molar-refractivity contribution in [3.05, 3.63) is 56.2 Å². The number of amides is 1. The zero-order valence-corrected chi connectivity index (χ0v) is 12.3. The lowest BCUT2D eigenvalue weighted by atomic mass is 10.2. The number of halogens is 4. The van der Waals surface area contributed by atoms with Crippen LogP contribution in [0.4, 0.5) is 5.69 Å². The average molecular weight is 336 g/mol. The number of anilines is 1. The summed E-state index contributed by atoms with van der Waals surface area (Å²) in [5, 5.41) is 3.61. The van der Waals surface area contributed by atoms with Crippen molar-refractivity contribution < 1.29 is 4.79 Å². The van der Waals surface area contributed by atoms with Crippen molar-refractivity contribution in [3.8, 4) is 0 Å². The number of rotatable bonds is 2. The van der Waals surface area contributed by atoms with E-state index in [1.54, 1.807) is 18.2 Å². The number of nitrogens with zero attached hydrogens (tertiary/aromatic N) is 1. The van der Waals surface area contributed by atoms with Gasteiger partial charge in [-0.2, -0.15) is 0 Å². The maximum Gasteiger partial charge on any atom is 0.257 e. The summed E-state index contributed by atoms with van der Waals surface area (Å²) < 4.78 is 0. The highest BCUT2D eigenvalue weighted by molar-refractivity contribution is 6.41. The molecular weight excluding hydrogens is 330 g/mol. The van der Waals surface area contributed by atoms with Gasteiger partial charge in [-0.15, -0.1) is 0 Å². The Hall–Kier alpha value is -1.000. The van der Waals surface area contributed by atoms with Crippen LogP contribution in [0.5, 0.6) is 0 Å². The Morgan fingerprint density at radius 3 is 2.26 bits per heavy atom. The number of nitrogens with one attached hydrogen (secondary N) is 1. The van der Waals surface area contributed by atoms with Gasteiger partial charge in [-0.1, -0.05) is 52.5 Å². The largest absolute Gasteiger partial charge is 0.319 e. The van der Waals surface area contributed by atoms with Gasteiger partial charge < -0.3 is 5.32 Å². The summed E-state index contributed by atoms with van der Waals surface area (Å²) in [5.41, 5.74) is 0.590. The maximum atomic E-state index is 12.0. The Bertz CT molecular complexity index is 625. The van der Waals surface area contributed by atoms with Crippen molar-refractivity contribution in [1.29, 1.82) is 0 Å². The maximum absolute atomic E-state index is 12.0. The van der Waals surface area contributed by atoms with Gasteiger partial charge in [0.15, 0.2) is 0 Å². The number of para-hydroxylation sites is 1. The Morgan fingerprint density at radius 1 is 1.05 bits per heavy atom. The predicted molar refractivity (Wildman–Crippen MR) is 78.7 cm³/mol. The van der Waals surface area contributed by atoms with Gasteiger partial charge >= 0.3 is 0 Å². The second-order valence-corrected chi connectivity index (χ2v) is 5.13. The number of carbonyl (C=O) groups excluding carboxylic acids is 1. The topological polar surface area (TPSA) is 42.0 Å². The lowest BCUT2D eigenvalue weighted by Gasteiger charge is -2.09. The summed E-state index contributed by atoms with van der Waals surface area (Å²) in [4.78, 5) is 15.8. The van der Waals surface area contributed by atoms with E-state index < -0.39 is 5.91 Å². The first-order chi connectivity index (χ1) is 8.99. The molecule has 1 N–H and O–H groups in total. The molecule has 0 radical (unpaired) electrons. The van der Waals surface area contributed by atoms with Crippen molar-refractivity contribution in [2.75, 3.05) is 5.32 Å². The normalized spacial score (nSPS) is 10.3. The van der Waals surface area contributed by atoms with E-state index in [1.807, 2.05) is 0 Å². The van der Waals surface area contributed by atoms with Crippen LogP contribution in [0.2, 0.25) is 20.2 Å². The first kappa shape index (κ1) is 14.4. The molecule has 0 saturated carbocycles. The molecule has 0 saturated heterocycles. The van der Waals surface area contributed by atoms with Crippen LogP contribution in [-0.4, -0.2) is 10.9 Å². The smallest absolute Gasteiger partial charge is 0.257 e. The molecule has 1 aromatic heterocycles. The van der Waals surface area contributed by atoms with Gasteiger partial charge in [0.25, 0.3) is 5.91 Å². The quantitative estimate of drug-likeness (QED) is 0.789. The van der Waals surface area contributed by atoms with Gasteiger partial charge in [-0.25, -0.2) is 4.98 Å². The van der Waals surface area contributed by atoms with E-state index in [0.29, 0.717) is 15.7 Å². The Labute approximate surface area is 129 Å². The summed E-state index contributed by atoms with van der Waals surface area (Å²) in [6.07, 6.45) is 1.31. The van der Waals surface area contributed by atoms with E-state index in [1.165, 1.54) is 12.3 Å². The van der Waals surface area contributed by atoms with Crippen molar-refractivity contribution >= 4 is 58.0 Å². The molecule has 1 amide bonds. The number of benzene rings is 1. The Morgan fingerprint density at radius 2 is 1.68 bits per heavy atom. The van der Waals surface area contributed by atoms with Gasteiger partial charge in [-0.3, -0.25) is 4.79 Å². The van der Waals surface area contributed by atoms with E-state index in [2.05, 4.69) is 10.3 Å². The third-order valence-electron chi connectivity index (χ3n) is 2.26. The number of pyridine rings is 1. The minimum Gasteiger partial charge on any atom is -0.319 e. The van der Waals surface area contributed by atoms with Gasteiger partial charge in [0.2, 0.25) is 0 Å². The number of hydrogen-bond acceptors (Lipinski definition) is 2. The first-order valence-corrected chi connectivity index (χ1v) is 6.56. The van der Waals surface area contributed by atoms with E-state index >= 15 is 0 Å². The van der Waals surface area contributed by atoms with Crippen molar-refractivity contribution in [2.24, 2.45) is 0 Å². The van der Waals surface area contributed by atoms with E-state index in [9.17, 15) is 4.79 Å². The van der Waals surface area contributed by atoms with Crippen LogP contribution < -0.4 is 5.32 Å². The van der Waals surface area contributed by atoms with Crippen LogP contribution in [0.3, 0.4) is 0 Å². The third kappa shape index (κ3) is 3.31. The van der Waals surface area contributed by atoms with Crippen LogP contribution in [0, 0.1) is 0 Å². The molecule has 0 bridgehead atoms. The van der Waals surface area contributed by atoms with Crippen molar-refractivity contribution in [3.63, 3.8) is 0 Å². The van der Waals surface area contributed by atoms with Crippen molar-refractivity contribution in [2.45, 2.75) is 0 Å². The standard InChI is InChI=1S/C12H6Cl4N2O/c13-7-2-1-3-8(14)10(7)18-12(19)6-4-9(15)11(16)17-5-6/h1-5H,(H,18,19). The van der Waals surface area contributed by atoms with Crippen molar-refractivity contribution in [1.82, 2.24) is 4.98 Å². The fraction of sp³-hybridized carbons (Fsp3) is 0. The Kier molecular flexibility index (Phi) is 4.53. The van der Waals surface area contributed by atoms with Crippen LogP contribution >= 0.6 is 46.4 Å². The fourth-order valence-electron chi connectivity index (χ4n) is 1.35. The molecule has 1 aromatic carbocycles. The molecule has 0 aliphatic carbocycles. The third-order valence-corrected chi connectivity index (χ3v) is 3.58. The molecule has 19 heavy (non-hydrogen) atoms. The SMILES string of the molecule is O=C(Nc1c(Cl)cccc1Cl)c1cnc(Cl)c(Cl)c1. The second kappa shape index (κ2) is 5.97. The molecule has 98 valence electrons. The predicted octanol–water partition coefficient (Wildman–Crippen LogP) is 4.95. The van der Waals surface area contributed by atoms with Gasteiger partial charge in [-0.05, 0) is 18.2 Å². The summed E-state index contributed by atoms with van der Waals surface area (Å²) in [7, 11) is 0. The minimum absolute atomic E-state index is 0.133. The zero-order valence-electron chi connectivity index (χ0n) is 9.25. The molecule has 7 heteroatoms. The van der Waals surface area contributed by atoms with Gasteiger partial charge in [0.05, 0.1) is 26.3 Å².